The first-order valence-electron chi connectivity index (χ1n) is 10.1. The van der Waals surface area contributed by atoms with Crippen LogP contribution in [-0.4, -0.2) is 25.0 Å². The van der Waals surface area contributed by atoms with Crippen LogP contribution in [0.1, 0.15) is 30.0 Å². The summed E-state index contributed by atoms with van der Waals surface area (Å²) in [5.41, 5.74) is 1.62. The maximum Gasteiger partial charge on any atom is 0.257 e. The molecule has 5 heteroatoms. The van der Waals surface area contributed by atoms with Gasteiger partial charge in [0, 0.05) is 18.2 Å². The highest BCUT2D eigenvalue weighted by Crippen LogP contribution is 2.39. The number of aromatic nitrogens is 1. The van der Waals surface area contributed by atoms with Gasteiger partial charge in [0.05, 0.1) is 20.3 Å². The second-order valence-electron chi connectivity index (χ2n) is 6.92. The van der Waals surface area contributed by atoms with E-state index >= 15 is 0 Å². The molecule has 0 saturated carbocycles. The Morgan fingerprint density at radius 1 is 0.967 bits per heavy atom. The molecule has 156 valence electrons. The number of nitrogens with zero attached hydrogens (tertiary/aromatic N) is 1. The van der Waals surface area contributed by atoms with Crippen LogP contribution in [-0.2, 0) is 28.2 Å². The predicted molar refractivity (Wildman–Crippen MR) is 116 cm³/mol. The lowest BCUT2D eigenvalue weighted by Gasteiger charge is -2.30. The lowest BCUT2D eigenvalue weighted by Crippen LogP contribution is -2.32. The summed E-state index contributed by atoms with van der Waals surface area (Å²) in [6.07, 6.45) is 3.63. The Hall–Kier alpha value is -3.18. The fourth-order valence-electron chi connectivity index (χ4n) is 3.30. The Morgan fingerprint density at radius 3 is 2.23 bits per heavy atom. The molecule has 5 nitrogen and oxygen atoms in total. The Kier molecular flexibility index (Phi) is 7.57. The van der Waals surface area contributed by atoms with Crippen LogP contribution < -0.4 is 9.47 Å². The molecule has 1 atom stereocenters. The van der Waals surface area contributed by atoms with Crippen LogP contribution >= 0.6 is 0 Å². The van der Waals surface area contributed by atoms with Crippen molar-refractivity contribution in [2.75, 3.05) is 13.7 Å². The van der Waals surface area contributed by atoms with E-state index in [4.69, 9.17) is 14.2 Å². The lowest BCUT2D eigenvalue weighted by atomic mass is 9.92. The molecule has 3 aromatic rings. The molecule has 1 heterocycles. The minimum atomic E-state index is -1.16. The maximum atomic E-state index is 12.3. The second-order valence-corrected chi connectivity index (χ2v) is 6.92. The molecule has 0 bridgehead atoms. The van der Waals surface area contributed by atoms with Crippen molar-refractivity contribution in [1.29, 1.82) is 0 Å². The minimum absolute atomic E-state index is 0.307. The lowest BCUT2D eigenvalue weighted by molar-refractivity contribution is -0.135. The summed E-state index contributed by atoms with van der Waals surface area (Å²) in [4.78, 5) is 16.6. The molecule has 0 radical (unpaired) electrons. The van der Waals surface area contributed by atoms with Gasteiger partial charge in [-0.15, -0.1) is 0 Å². The maximum absolute atomic E-state index is 12.3. The number of rotatable bonds is 11. The van der Waals surface area contributed by atoms with E-state index in [-0.39, 0.29) is 0 Å². The third-order valence-corrected chi connectivity index (χ3v) is 5.06. The van der Waals surface area contributed by atoms with Gasteiger partial charge in [-0.3, -0.25) is 4.79 Å². The van der Waals surface area contributed by atoms with Crippen molar-refractivity contribution in [3.8, 4) is 11.6 Å². The van der Waals surface area contributed by atoms with Crippen LogP contribution in [0.5, 0.6) is 11.6 Å². The minimum Gasteiger partial charge on any atom is -0.487 e. The Labute approximate surface area is 177 Å². The van der Waals surface area contributed by atoms with Crippen LogP contribution in [0.2, 0.25) is 0 Å². The number of carbonyl (C=O) groups excluding carboxylic acids is 1. The highest BCUT2D eigenvalue weighted by Gasteiger charge is 2.36. The molecule has 30 heavy (non-hydrogen) atoms. The van der Waals surface area contributed by atoms with Crippen molar-refractivity contribution in [3.63, 3.8) is 0 Å². The monoisotopic (exact) mass is 405 g/mol. The molecule has 0 amide bonds. The summed E-state index contributed by atoms with van der Waals surface area (Å²) < 4.78 is 17.7. The van der Waals surface area contributed by atoms with Gasteiger partial charge in [0.15, 0.2) is 17.6 Å². The summed E-state index contributed by atoms with van der Waals surface area (Å²) in [5, 5.41) is 0. The summed E-state index contributed by atoms with van der Waals surface area (Å²) in [7, 11) is 1.54. The zero-order valence-corrected chi connectivity index (χ0v) is 17.4. The topological polar surface area (TPSA) is 57.7 Å². The van der Waals surface area contributed by atoms with Crippen molar-refractivity contribution in [2.24, 2.45) is 0 Å². The highest BCUT2D eigenvalue weighted by molar-refractivity contribution is 5.69. The molecule has 0 fully saturated rings. The summed E-state index contributed by atoms with van der Waals surface area (Å²) >= 11 is 0. The zero-order chi connectivity index (χ0) is 21.2. The van der Waals surface area contributed by atoms with Gasteiger partial charge < -0.3 is 14.2 Å². The van der Waals surface area contributed by atoms with Crippen molar-refractivity contribution >= 4 is 6.29 Å². The van der Waals surface area contributed by atoms with E-state index in [1.54, 1.807) is 12.3 Å². The van der Waals surface area contributed by atoms with E-state index in [0.29, 0.717) is 36.8 Å². The fraction of sp³-hybridized carbons (Fsp3) is 0.280. The van der Waals surface area contributed by atoms with Gasteiger partial charge in [-0.1, -0.05) is 67.6 Å². The summed E-state index contributed by atoms with van der Waals surface area (Å²) in [6, 6.07) is 21.6. The SMILES string of the molecule is CC[C@](C=O)(OCc1ccccc1)c1ccnc(OC)c1OCCc1ccccc1. The van der Waals surface area contributed by atoms with Crippen LogP contribution in [0.3, 0.4) is 0 Å². The van der Waals surface area contributed by atoms with E-state index < -0.39 is 5.60 Å². The second kappa shape index (κ2) is 10.6. The third kappa shape index (κ3) is 5.05. The number of carbonyl (C=O) groups is 1. The smallest absolute Gasteiger partial charge is 0.257 e. The number of methoxy groups -OCH3 is 1. The van der Waals surface area contributed by atoms with E-state index in [2.05, 4.69) is 17.1 Å². The predicted octanol–water partition coefficient (Wildman–Crippen LogP) is 4.73. The standard InChI is InChI=1S/C25H27NO4/c1-3-25(19-27,30-18-21-12-8-5-9-13-21)22-14-16-26-24(28-2)23(22)29-17-15-20-10-6-4-7-11-20/h4-14,16,19H,3,15,17-18H2,1-2H3/t25-/m1/s1. The molecule has 1 aromatic heterocycles. The van der Waals surface area contributed by atoms with Crippen LogP contribution in [0.4, 0.5) is 0 Å². The van der Waals surface area contributed by atoms with Crippen molar-refractivity contribution in [1.82, 2.24) is 4.98 Å². The van der Waals surface area contributed by atoms with Gasteiger partial charge in [-0.05, 0) is 23.6 Å². The van der Waals surface area contributed by atoms with Crippen LogP contribution in [0, 0.1) is 0 Å². The van der Waals surface area contributed by atoms with E-state index in [1.165, 1.54) is 12.7 Å². The fourth-order valence-corrected chi connectivity index (χ4v) is 3.30. The molecular weight excluding hydrogens is 378 g/mol. The molecule has 0 unspecified atom stereocenters. The molecular formula is C25H27NO4. The summed E-state index contributed by atoms with van der Waals surface area (Å²) in [5.74, 6) is 0.779. The normalized spacial score (nSPS) is 12.7. The molecule has 0 aliphatic rings. The molecule has 3 rings (SSSR count). The Bertz CT molecular complexity index is 930. The first-order valence-corrected chi connectivity index (χ1v) is 10.1. The first-order chi connectivity index (χ1) is 14.7. The third-order valence-electron chi connectivity index (χ3n) is 5.06. The van der Waals surface area contributed by atoms with Gasteiger partial charge in [0.25, 0.3) is 5.88 Å². The molecule has 0 aliphatic carbocycles. The average molecular weight is 405 g/mol. The molecule has 0 spiro atoms. The van der Waals surface area contributed by atoms with E-state index in [1.807, 2.05) is 55.5 Å². The number of hydrogen-bond donors (Lipinski definition) is 0. The number of pyridine rings is 1. The van der Waals surface area contributed by atoms with Crippen LogP contribution in [0.25, 0.3) is 0 Å². The van der Waals surface area contributed by atoms with Gasteiger partial charge in [0.2, 0.25) is 0 Å². The van der Waals surface area contributed by atoms with Gasteiger partial charge >= 0.3 is 0 Å². The largest absolute Gasteiger partial charge is 0.487 e. The van der Waals surface area contributed by atoms with Gasteiger partial charge in [0.1, 0.15) is 0 Å². The van der Waals surface area contributed by atoms with Gasteiger partial charge in [-0.2, -0.15) is 0 Å². The van der Waals surface area contributed by atoms with E-state index in [0.717, 1.165) is 18.3 Å². The Morgan fingerprint density at radius 2 is 1.63 bits per heavy atom. The van der Waals surface area contributed by atoms with Gasteiger partial charge in [-0.25, -0.2) is 4.98 Å². The number of aldehydes is 1. The molecule has 2 aromatic carbocycles. The van der Waals surface area contributed by atoms with E-state index in [9.17, 15) is 4.79 Å². The quantitative estimate of drug-likeness (QED) is 0.432. The van der Waals surface area contributed by atoms with Crippen LogP contribution in [0.15, 0.2) is 72.9 Å². The Balaban J connectivity index is 1.86. The number of benzene rings is 2. The summed E-state index contributed by atoms with van der Waals surface area (Å²) in [6.45, 7) is 2.65. The molecule has 0 N–H and O–H groups in total. The molecule has 0 aliphatic heterocycles. The highest BCUT2D eigenvalue weighted by atomic mass is 16.5. The average Bonchev–Trinajstić information content (AvgIpc) is 2.82. The zero-order valence-electron chi connectivity index (χ0n) is 17.4. The number of hydrogen-bond acceptors (Lipinski definition) is 5. The first kappa shape index (κ1) is 21.5. The number of ether oxygens (including phenoxy) is 3. The van der Waals surface area contributed by atoms with Crippen molar-refractivity contribution in [3.05, 3.63) is 89.6 Å². The van der Waals surface area contributed by atoms with Crippen molar-refractivity contribution in [2.45, 2.75) is 32.0 Å². The molecule has 0 saturated heterocycles. The van der Waals surface area contributed by atoms with Crippen molar-refractivity contribution < 1.29 is 19.0 Å².